The Balaban J connectivity index is 1.88. The number of alkyl halides is 3. The molecule has 136 valence electrons. The highest BCUT2D eigenvalue weighted by Gasteiger charge is 2.28. The van der Waals surface area contributed by atoms with E-state index >= 15 is 0 Å². The van der Waals surface area contributed by atoms with E-state index in [1.807, 2.05) is 18.2 Å². The zero-order chi connectivity index (χ0) is 18.1. The van der Waals surface area contributed by atoms with E-state index < -0.39 is 12.8 Å². The number of ether oxygens (including phenoxy) is 1. The van der Waals surface area contributed by atoms with Crippen LogP contribution in [0, 0.1) is 0 Å². The number of aliphatic hydroxyl groups excluding tert-OH is 1. The van der Waals surface area contributed by atoms with Crippen molar-refractivity contribution in [3.8, 4) is 5.75 Å². The van der Waals surface area contributed by atoms with Crippen molar-refractivity contribution in [2.45, 2.75) is 19.1 Å². The number of hydrogen-bond acceptors (Lipinski definition) is 3. The van der Waals surface area contributed by atoms with Crippen LogP contribution in [0.15, 0.2) is 54.6 Å². The van der Waals surface area contributed by atoms with Gasteiger partial charge in [0.25, 0.3) is 0 Å². The van der Waals surface area contributed by atoms with E-state index in [9.17, 15) is 18.3 Å². The average molecular weight is 353 g/mol. The molecule has 0 aromatic heterocycles. The third-order valence-corrected chi connectivity index (χ3v) is 3.71. The second-order valence-corrected chi connectivity index (χ2v) is 5.78. The minimum atomic E-state index is -4.34. The topological polar surface area (TPSA) is 32.7 Å². The van der Waals surface area contributed by atoms with Crippen LogP contribution in [0.25, 0.3) is 0 Å². The van der Waals surface area contributed by atoms with Crippen molar-refractivity contribution in [1.29, 1.82) is 0 Å². The Labute approximate surface area is 145 Å². The highest BCUT2D eigenvalue weighted by atomic mass is 19.4. The summed E-state index contributed by atoms with van der Waals surface area (Å²) < 4.78 is 41.1. The van der Waals surface area contributed by atoms with Crippen molar-refractivity contribution in [3.05, 3.63) is 65.7 Å². The lowest BCUT2D eigenvalue weighted by Gasteiger charge is -2.21. The van der Waals surface area contributed by atoms with E-state index in [0.29, 0.717) is 13.1 Å². The fraction of sp³-hybridized carbons (Fsp3) is 0.368. The maximum atomic E-state index is 12.1. The molecule has 0 saturated heterocycles. The second-order valence-electron chi connectivity index (χ2n) is 5.78. The van der Waals surface area contributed by atoms with Gasteiger partial charge in [-0.3, -0.25) is 4.90 Å². The number of halogens is 3. The largest absolute Gasteiger partial charge is 0.484 e. The number of nitrogens with zero attached hydrogens (tertiary/aromatic N) is 1. The van der Waals surface area contributed by atoms with Crippen LogP contribution in [0.1, 0.15) is 11.1 Å². The Morgan fingerprint density at radius 1 is 0.880 bits per heavy atom. The molecule has 25 heavy (non-hydrogen) atoms. The molecule has 0 radical (unpaired) electrons. The van der Waals surface area contributed by atoms with Gasteiger partial charge in [0.15, 0.2) is 6.61 Å². The van der Waals surface area contributed by atoms with Gasteiger partial charge in [-0.05, 0) is 29.7 Å². The van der Waals surface area contributed by atoms with Crippen LogP contribution in [0.5, 0.6) is 5.75 Å². The molecule has 0 bridgehead atoms. The fourth-order valence-corrected chi connectivity index (χ4v) is 2.46. The first kappa shape index (κ1) is 19.3. The van der Waals surface area contributed by atoms with Gasteiger partial charge in [-0.15, -0.1) is 0 Å². The van der Waals surface area contributed by atoms with Crippen LogP contribution >= 0.6 is 0 Å². The van der Waals surface area contributed by atoms with Crippen molar-refractivity contribution in [2.75, 3.05) is 26.3 Å². The number of hydrogen-bond donors (Lipinski definition) is 1. The van der Waals surface area contributed by atoms with Gasteiger partial charge in [-0.1, -0.05) is 42.5 Å². The van der Waals surface area contributed by atoms with Gasteiger partial charge < -0.3 is 9.84 Å². The first-order valence-corrected chi connectivity index (χ1v) is 8.12. The van der Waals surface area contributed by atoms with Gasteiger partial charge in [0, 0.05) is 19.6 Å². The summed E-state index contributed by atoms with van der Waals surface area (Å²) in [5.74, 6) is 0.194. The van der Waals surface area contributed by atoms with Crippen LogP contribution in [0.3, 0.4) is 0 Å². The van der Waals surface area contributed by atoms with Crippen LogP contribution in [-0.4, -0.2) is 42.5 Å². The first-order valence-electron chi connectivity index (χ1n) is 8.12. The summed E-state index contributed by atoms with van der Waals surface area (Å²) in [5.41, 5.74) is 2.18. The van der Waals surface area contributed by atoms with Gasteiger partial charge in [-0.2, -0.15) is 13.2 Å². The predicted molar refractivity (Wildman–Crippen MR) is 90.5 cm³/mol. The van der Waals surface area contributed by atoms with E-state index in [-0.39, 0.29) is 12.4 Å². The van der Waals surface area contributed by atoms with Crippen molar-refractivity contribution in [1.82, 2.24) is 4.90 Å². The van der Waals surface area contributed by atoms with Gasteiger partial charge in [0.1, 0.15) is 5.75 Å². The highest BCUT2D eigenvalue weighted by Crippen LogP contribution is 2.19. The summed E-state index contributed by atoms with van der Waals surface area (Å²) in [6.07, 6.45) is -3.47. The zero-order valence-electron chi connectivity index (χ0n) is 13.9. The summed E-state index contributed by atoms with van der Waals surface area (Å²) >= 11 is 0. The minimum Gasteiger partial charge on any atom is -0.484 e. The normalized spacial score (nSPS) is 11.7. The molecule has 1 N–H and O–H groups in total. The molecule has 0 amide bonds. The molecule has 0 aliphatic rings. The van der Waals surface area contributed by atoms with E-state index in [2.05, 4.69) is 17.0 Å². The van der Waals surface area contributed by atoms with Crippen molar-refractivity contribution in [2.24, 2.45) is 0 Å². The van der Waals surface area contributed by atoms with Gasteiger partial charge in [0.2, 0.25) is 0 Å². The quantitative estimate of drug-likeness (QED) is 0.747. The maximum Gasteiger partial charge on any atom is 0.422 e. The lowest BCUT2D eigenvalue weighted by atomic mass is 10.1. The third-order valence-electron chi connectivity index (χ3n) is 3.71. The van der Waals surface area contributed by atoms with E-state index in [1.165, 1.54) is 17.7 Å². The van der Waals surface area contributed by atoms with Crippen molar-refractivity contribution < 1.29 is 23.0 Å². The van der Waals surface area contributed by atoms with Crippen molar-refractivity contribution in [3.63, 3.8) is 0 Å². The smallest absolute Gasteiger partial charge is 0.422 e. The summed E-state index contributed by atoms with van der Waals surface area (Å²) in [6, 6.07) is 16.6. The molecule has 0 heterocycles. The monoisotopic (exact) mass is 353 g/mol. The Hall–Kier alpha value is -2.05. The molecule has 2 aromatic rings. The summed E-state index contributed by atoms with van der Waals surface area (Å²) in [6.45, 7) is 0.713. The van der Waals surface area contributed by atoms with Crippen LogP contribution in [-0.2, 0) is 13.0 Å². The Kier molecular flexibility index (Phi) is 7.28. The van der Waals surface area contributed by atoms with Gasteiger partial charge >= 0.3 is 6.18 Å². The number of benzene rings is 2. The number of rotatable bonds is 9. The lowest BCUT2D eigenvalue weighted by Crippen LogP contribution is -2.28. The molecule has 6 heteroatoms. The maximum absolute atomic E-state index is 12.1. The molecular formula is C19H22F3NO2. The summed E-state index contributed by atoms with van der Waals surface area (Å²) in [7, 11) is 0. The highest BCUT2D eigenvalue weighted by molar-refractivity contribution is 5.27. The third kappa shape index (κ3) is 7.58. The molecule has 0 aliphatic carbocycles. The summed E-state index contributed by atoms with van der Waals surface area (Å²) in [4.78, 5) is 2.11. The molecule has 3 nitrogen and oxygen atoms in total. The van der Waals surface area contributed by atoms with Crippen LogP contribution < -0.4 is 4.74 Å². The van der Waals surface area contributed by atoms with E-state index in [1.54, 1.807) is 12.1 Å². The number of aliphatic hydroxyl groups is 1. The van der Waals surface area contributed by atoms with Gasteiger partial charge in [0.05, 0.1) is 6.61 Å². The molecule has 0 unspecified atom stereocenters. The molecular weight excluding hydrogens is 331 g/mol. The lowest BCUT2D eigenvalue weighted by molar-refractivity contribution is -0.153. The SMILES string of the molecule is OCCN(CCc1ccccc1)Cc1ccc(OCC(F)(F)F)cc1. The van der Waals surface area contributed by atoms with Crippen molar-refractivity contribution >= 4 is 0 Å². The molecule has 0 spiro atoms. The van der Waals surface area contributed by atoms with E-state index in [4.69, 9.17) is 4.74 Å². The zero-order valence-corrected chi connectivity index (χ0v) is 13.9. The minimum absolute atomic E-state index is 0.0571. The summed E-state index contributed by atoms with van der Waals surface area (Å²) in [5, 5.41) is 9.23. The molecule has 0 saturated carbocycles. The molecule has 0 fully saturated rings. The predicted octanol–water partition coefficient (Wildman–Crippen LogP) is 3.66. The van der Waals surface area contributed by atoms with Crippen LogP contribution in [0.4, 0.5) is 13.2 Å². The molecule has 2 aromatic carbocycles. The fourth-order valence-electron chi connectivity index (χ4n) is 2.46. The molecule has 2 rings (SSSR count). The van der Waals surface area contributed by atoms with Crippen LogP contribution in [0.2, 0.25) is 0 Å². The average Bonchev–Trinajstić information content (AvgIpc) is 2.59. The Bertz CT molecular complexity index is 615. The second kappa shape index (κ2) is 9.44. The molecule has 0 atom stereocenters. The Morgan fingerprint density at radius 2 is 1.56 bits per heavy atom. The van der Waals surface area contributed by atoms with E-state index in [0.717, 1.165) is 18.5 Å². The first-order chi connectivity index (χ1) is 12.0. The van der Waals surface area contributed by atoms with Gasteiger partial charge in [-0.25, -0.2) is 0 Å². The molecule has 0 aliphatic heterocycles. The standard InChI is InChI=1S/C19H22F3NO2/c20-19(21,22)15-25-18-8-6-17(7-9-18)14-23(12-13-24)11-10-16-4-2-1-3-5-16/h1-9,24H,10-15H2. The Morgan fingerprint density at radius 3 is 2.16 bits per heavy atom.